The average molecular weight is 239 g/mol. The van der Waals surface area contributed by atoms with E-state index in [0.29, 0.717) is 5.92 Å². The highest BCUT2D eigenvalue weighted by Gasteiger charge is 2.27. The molecule has 2 N–H and O–H groups in total. The lowest BCUT2D eigenvalue weighted by molar-refractivity contribution is -0.135. The Balaban J connectivity index is 1.96. The highest BCUT2D eigenvalue weighted by Crippen LogP contribution is 2.21. The molecular formula is C11H17N3OS. The summed E-state index contributed by atoms with van der Waals surface area (Å²) in [6.07, 6.45) is 3.64. The molecule has 2 rings (SSSR count). The highest BCUT2D eigenvalue weighted by molar-refractivity contribution is 7.09. The van der Waals surface area contributed by atoms with E-state index in [4.69, 9.17) is 5.73 Å². The van der Waals surface area contributed by atoms with Crippen molar-refractivity contribution in [1.29, 1.82) is 0 Å². The first-order valence-corrected chi connectivity index (χ1v) is 6.50. The molecule has 1 aromatic rings. The Bertz CT molecular complexity index is 352. The maximum Gasteiger partial charge on any atom is 0.239 e. The van der Waals surface area contributed by atoms with Crippen LogP contribution in [0.3, 0.4) is 0 Å². The van der Waals surface area contributed by atoms with Gasteiger partial charge in [0.2, 0.25) is 5.91 Å². The summed E-state index contributed by atoms with van der Waals surface area (Å²) in [6, 6.07) is -0.294. The zero-order chi connectivity index (χ0) is 11.5. The fourth-order valence-corrected chi connectivity index (χ4v) is 2.73. The number of rotatable bonds is 3. The molecule has 2 unspecified atom stereocenters. The van der Waals surface area contributed by atoms with Crippen molar-refractivity contribution in [2.24, 2.45) is 5.73 Å². The topological polar surface area (TPSA) is 59.2 Å². The fraction of sp³-hybridized carbons (Fsp3) is 0.636. The van der Waals surface area contributed by atoms with Crippen LogP contribution in [0.1, 0.15) is 30.7 Å². The van der Waals surface area contributed by atoms with E-state index >= 15 is 0 Å². The molecule has 2 heterocycles. The van der Waals surface area contributed by atoms with Crippen molar-refractivity contribution in [2.75, 3.05) is 13.1 Å². The molecule has 0 bridgehead atoms. The third-order valence-electron chi connectivity index (χ3n) is 2.94. The number of nitrogens with zero attached hydrogens (tertiary/aromatic N) is 2. The van der Waals surface area contributed by atoms with Crippen LogP contribution in [0.5, 0.6) is 0 Å². The Morgan fingerprint density at radius 2 is 2.56 bits per heavy atom. The first-order valence-electron chi connectivity index (χ1n) is 5.62. The quantitative estimate of drug-likeness (QED) is 0.862. The van der Waals surface area contributed by atoms with Crippen LogP contribution < -0.4 is 5.73 Å². The molecular weight excluding hydrogens is 222 g/mol. The molecule has 0 radical (unpaired) electrons. The van der Waals surface area contributed by atoms with Crippen molar-refractivity contribution in [3.8, 4) is 0 Å². The standard InChI is InChI=1S/C11H17N3OS/c1-8(10-13-4-6-16-10)7-14-5-2-3-9(12)11(14)15/h4,6,8-9H,2-3,5,7,12H2,1H3. The van der Waals surface area contributed by atoms with Crippen molar-refractivity contribution in [3.05, 3.63) is 16.6 Å². The number of thiazole rings is 1. The van der Waals surface area contributed by atoms with Crippen molar-refractivity contribution < 1.29 is 4.79 Å². The largest absolute Gasteiger partial charge is 0.341 e. The van der Waals surface area contributed by atoms with Gasteiger partial charge in [-0.2, -0.15) is 0 Å². The van der Waals surface area contributed by atoms with E-state index in [1.54, 1.807) is 17.5 Å². The maximum absolute atomic E-state index is 11.8. The monoisotopic (exact) mass is 239 g/mol. The van der Waals surface area contributed by atoms with Gasteiger partial charge in [-0.05, 0) is 12.8 Å². The second-order valence-electron chi connectivity index (χ2n) is 4.30. The predicted octanol–water partition coefficient (Wildman–Crippen LogP) is 1.20. The van der Waals surface area contributed by atoms with E-state index in [1.807, 2.05) is 10.3 Å². The number of aromatic nitrogens is 1. The number of likely N-dealkylation sites (tertiary alicyclic amines) is 1. The molecule has 1 fully saturated rings. The number of hydrogen-bond acceptors (Lipinski definition) is 4. The van der Waals surface area contributed by atoms with E-state index < -0.39 is 0 Å². The van der Waals surface area contributed by atoms with Gasteiger partial charge in [0.05, 0.1) is 11.0 Å². The summed E-state index contributed by atoms with van der Waals surface area (Å²) >= 11 is 1.64. The Morgan fingerprint density at radius 1 is 1.75 bits per heavy atom. The number of hydrogen-bond donors (Lipinski definition) is 1. The second kappa shape index (κ2) is 4.93. The molecule has 4 nitrogen and oxygen atoms in total. The summed E-state index contributed by atoms with van der Waals surface area (Å²) in [6.45, 7) is 3.68. The lowest BCUT2D eigenvalue weighted by atomic mass is 10.0. The van der Waals surface area contributed by atoms with E-state index in [-0.39, 0.29) is 11.9 Å². The van der Waals surface area contributed by atoms with Gasteiger partial charge in [-0.1, -0.05) is 6.92 Å². The molecule has 16 heavy (non-hydrogen) atoms. The van der Waals surface area contributed by atoms with E-state index in [2.05, 4.69) is 11.9 Å². The smallest absolute Gasteiger partial charge is 0.239 e. The lowest BCUT2D eigenvalue weighted by Gasteiger charge is -2.32. The Morgan fingerprint density at radius 3 is 3.25 bits per heavy atom. The summed E-state index contributed by atoms with van der Waals surface area (Å²) in [5.41, 5.74) is 5.76. The highest BCUT2D eigenvalue weighted by atomic mass is 32.1. The first-order chi connectivity index (χ1) is 7.68. The molecule has 2 atom stereocenters. The van der Waals surface area contributed by atoms with Gasteiger partial charge in [0.25, 0.3) is 0 Å². The van der Waals surface area contributed by atoms with Gasteiger partial charge in [-0.15, -0.1) is 11.3 Å². The Kier molecular flexibility index (Phi) is 3.56. The maximum atomic E-state index is 11.8. The summed E-state index contributed by atoms with van der Waals surface area (Å²) in [4.78, 5) is 18.0. The predicted molar refractivity (Wildman–Crippen MR) is 64.3 cm³/mol. The summed E-state index contributed by atoms with van der Waals surface area (Å²) in [5.74, 6) is 0.393. The Hall–Kier alpha value is -0.940. The molecule has 5 heteroatoms. The minimum Gasteiger partial charge on any atom is -0.341 e. The van der Waals surface area contributed by atoms with Crippen LogP contribution >= 0.6 is 11.3 Å². The van der Waals surface area contributed by atoms with Gasteiger partial charge in [0.15, 0.2) is 0 Å². The van der Waals surface area contributed by atoms with Gasteiger partial charge in [-0.3, -0.25) is 4.79 Å². The van der Waals surface area contributed by atoms with E-state index in [9.17, 15) is 4.79 Å². The molecule has 1 saturated heterocycles. The SMILES string of the molecule is CC(CN1CCCC(N)C1=O)c1nccs1. The lowest BCUT2D eigenvalue weighted by Crippen LogP contribution is -2.49. The van der Waals surface area contributed by atoms with Crippen molar-refractivity contribution in [2.45, 2.75) is 31.7 Å². The van der Waals surface area contributed by atoms with E-state index in [0.717, 1.165) is 30.9 Å². The van der Waals surface area contributed by atoms with Gasteiger partial charge in [0.1, 0.15) is 0 Å². The third-order valence-corrected chi connectivity index (χ3v) is 3.95. The summed E-state index contributed by atoms with van der Waals surface area (Å²) < 4.78 is 0. The van der Waals surface area contributed by atoms with Gasteiger partial charge in [-0.25, -0.2) is 4.98 Å². The van der Waals surface area contributed by atoms with Gasteiger partial charge < -0.3 is 10.6 Å². The molecule has 0 aliphatic carbocycles. The van der Waals surface area contributed by atoms with Crippen LogP contribution in [0.15, 0.2) is 11.6 Å². The molecule has 1 aliphatic heterocycles. The van der Waals surface area contributed by atoms with Crippen LogP contribution in [0.2, 0.25) is 0 Å². The van der Waals surface area contributed by atoms with E-state index in [1.165, 1.54) is 0 Å². The minimum absolute atomic E-state index is 0.0923. The molecule has 0 saturated carbocycles. The van der Waals surface area contributed by atoms with Crippen LogP contribution in [0, 0.1) is 0 Å². The zero-order valence-electron chi connectivity index (χ0n) is 9.43. The normalized spacial score (nSPS) is 23.5. The first kappa shape index (κ1) is 11.5. The molecule has 88 valence electrons. The number of carbonyl (C=O) groups excluding carboxylic acids is 1. The summed E-state index contributed by atoms with van der Waals surface area (Å²) in [7, 11) is 0. The van der Waals surface area contributed by atoms with Crippen LogP contribution in [-0.4, -0.2) is 34.9 Å². The molecule has 1 aromatic heterocycles. The van der Waals surface area contributed by atoms with Gasteiger partial charge >= 0.3 is 0 Å². The second-order valence-corrected chi connectivity index (χ2v) is 5.23. The minimum atomic E-state index is -0.294. The fourth-order valence-electron chi connectivity index (χ4n) is 2.04. The molecule has 1 aliphatic rings. The molecule has 0 spiro atoms. The van der Waals surface area contributed by atoms with Crippen LogP contribution in [0.25, 0.3) is 0 Å². The zero-order valence-corrected chi connectivity index (χ0v) is 10.2. The molecule has 1 amide bonds. The van der Waals surface area contributed by atoms with Gasteiger partial charge in [0, 0.05) is 30.6 Å². The number of piperidine rings is 1. The van der Waals surface area contributed by atoms with Crippen LogP contribution in [0.4, 0.5) is 0 Å². The van der Waals surface area contributed by atoms with Crippen molar-refractivity contribution in [3.63, 3.8) is 0 Å². The molecule has 0 aromatic carbocycles. The summed E-state index contributed by atoms with van der Waals surface area (Å²) in [5, 5.41) is 3.06. The number of carbonyl (C=O) groups is 1. The average Bonchev–Trinajstić information content (AvgIpc) is 2.78. The Labute approximate surface area is 99.5 Å². The number of nitrogens with two attached hydrogens (primary N) is 1. The number of amides is 1. The third kappa shape index (κ3) is 2.41. The van der Waals surface area contributed by atoms with Crippen molar-refractivity contribution >= 4 is 17.2 Å². The van der Waals surface area contributed by atoms with Crippen LogP contribution in [-0.2, 0) is 4.79 Å². The van der Waals surface area contributed by atoms with Crippen molar-refractivity contribution in [1.82, 2.24) is 9.88 Å².